The molecule has 3 aromatic heterocycles. The first-order chi connectivity index (χ1) is 12.8. The zero-order valence-electron chi connectivity index (χ0n) is 13.6. The predicted molar refractivity (Wildman–Crippen MR) is 105 cm³/mol. The lowest BCUT2D eigenvalue weighted by atomic mass is 10.1. The van der Waals surface area contributed by atoms with E-state index in [1.54, 1.807) is 36.1 Å². The summed E-state index contributed by atoms with van der Waals surface area (Å²) in [5, 5.41) is 5.98. The van der Waals surface area contributed by atoms with E-state index in [-0.39, 0.29) is 0 Å². The van der Waals surface area contributed by atoms with Crippen molar-refractivity contribution < 1.29 is 0 Å². The van der Waals surface area contributed by atoms with Crippen LogP contribution in [0.1, 0.15) is 5.56 Å². The summed E-state index contributed by atoms with van der Waals surface area (Å²) in [5.41, 5.74) is 3.42. The van der Waals surface area contributed by atoms with Gasteiger partial charge in [0.05, 0.1) is 22.5 Å². The number of anilines is 1. The fourth-order valence-corrected chi connectivity index (χ4v) is 3.44. The molecule has 0 fully saturated rings. The molecule has 0 bridgehead atoms. The molecule has 4 aromatic rings. The van der Waals surface area contributed by atoms with Gasteiger partial charge in [0.1, 0.15) is 0 Å². The van der Waals surface area contributed by atoms with Crippen LogP contribution in [0.4, 0.5) is 5.95 Å². The number of aromatic nitrogens is 4. The van der Waals surface area contributed by atoms with Gasteiger partial charge >= 0.3 is 0 Å². The third-order valence-corrected chi connectivity index (χ3v) is 5.02. The molecule has 128 valence electrons. The van der Waals surface area contributed by atoms with Crippen LogP contribution in [0.15, 0.2) is 66.6 Å². The molecule has 1 aromatic carbocycles. The minimum Gasteiger partial charge on any atom is -0.350 e. The standard InChI is InChI=1S/C19H14ClN5S/c20-15-5-2-1-4-13(15)10-23-19-24-11-14(16-12-21-7-8-22-16)18(25-19)17-6-3-9-26-17/h1-9,11-12H,10H2,(H,23,24,25). The Morgan fingerprint density at radius 2 is 1.92 bits per heavy atom. The number of rotatable bonds is 5. The maximum atomic E-state index is 6.21. The predicted octanol–water partition coefficient (Wildman–Crippen LogP) is 4.93. The van der Waals surface area contributed by atoms with Crippen molar-refractivity contribution in [3.8, 4) is 21.8 Å². The summed E-state index contributed by atoms with van der Waals surface area (Å²) in [5.74, 6) is 0.543. The van der Waals surface area contributed by atoms with Gasteiger partial charge in [0, 0.05) is 35.7 Å². The zero-order chi connectivity index (χ0) is 17.8. The molecular weight excluding hydrogens is 366 g/mol. The molecule has 5 nitrogen and oxygen atoms in total. The molecule has 3 heterocycles. The van der Waals surface area contributed by atoms with Crippen LogP contribution in [-0.2, 0) is 6.54 Å². The molecule has 0 atom stereocenters. The Hall–Kier alpha value is -2.83. The van der Waals surface area contributed by atoms with Gasteiger partial charge < -0.3 is 5.32 Å². The van der Waals surface area contributed by atoms with Gasteiger partial charge in [-0.1, -0.05) is 35.9 Å². The summed E-state index contributed by atoms with van der Waals surface area (Å²) in [7, 11) is 0. The second-order valence-electron chi connectivity index (χ2n) is 5.47. The van der Waals surface area contributed by atoms with Crippen molar-refractivity contribution in [3.05, 3.63) is 77.2 Å². The maximum absolute atomic E-state index is 6.21. The Morgan fingerprint density at radius 1 is 1.00 bits per heavy atom. The van der Waals surface area contributed by atoms with Gasteiger partial charge in [-0.25, -0.2) is 9.97 Å². The van der Waals surface area contributed by atoms with Gasteiger partial charge in [-0.2, -0.15) is 0 Å². The first-order valence-electron chi connectivity index (χ1n) is 7.96. The molecule has 0 amide bonds. The average Bonchev–Trinajstić information content (AvgIpc) is 3.23. The third-order valence-electron chi connectivity index (χ3n) is 3.78. The highest BCUT2D eigenvalue weighted by Gasteiger charge is 2.13. The van der Waals surface area contributed by atoms with Gasteiger partial charge in [-0.15, -0.1) is 11.3 Å². The average molecular weight is 380 g/mol. The van der Waals surface area contributed by atoms with Crippen molar-refractivity contribution in [3.63, 3.8) is 0 Å². The first kappa shape index (κ1) is 16.6. The number of halogens is 1. The number of benzene rings is 1. The summed E-state index contributed by atoms with van der Waals surface area (Å²) >= 11 is 7.84. The minimum atomic E-state index is 0.543. The molecule has 4 rings (SSSR count). The Balaban J connectivity index is 1.68. The van der Waals surface area contributed by atoms with Crippen LogP contribution < -0.4 is 5.32 Å². The molecule has 0 spiro atoms. The van der Waals surface area contributed by atoms with Crippen molar-refractivity contribution in [2.75, 3.05) is 5.32 Å². The smallest absolute Gasteiger partial charge is 0.223 e. The summed E-state index contributed by atoms with van der Waals surface area (Å²) in [6, 6.07) is 11.7. The van der Waals surface area contributed by atoms with E-state index < -0.39 is 0 Å². The van der Waals surface area contributed by atoms with E-state index in [4.69, 9.17) is 16.6 Å². The van der Waals surface area contributed by atoms with E-state index in [0.717, 1.165) is 32.4 Å². The van der Waals surface area contributed by atoms with E-state index in [0.29, 0.717) is 12.5 Å². The number of hydrogen-bond acceptors (Lipinski definition) is 6. The number of hydrogen-bond donors (Lipinski definition) is 1. The molecule has 1 N–H and O–H groups in total. The van der Waals surface area contributed by atoms with E-state index >= 15 is 0 Å². The summed E-state index contributed by atoms with van der Waals surface area (Å²) in [6.45, 7) is 0.550. The second-order valence-corrected chi connectivity index (χ2v) is 6.82. The monoisotopic (exact) mass is 379 g/mol. The van der Waals surface area contributed by atoms with E-state index in [2.05, 4.69) is 20.3 Å². The SMILES string of the molecule is Clc1ccccc1CNc1ncc(-c2cnccn2)c(-c2cccs2)n1. The molecule has 0 saturated carbocycles. The molecule has 0 unspecified atom stereocenters. The highest BCUT2D eigenvalue weighted by atomic mass is 35.5. The normalized spacial score (nSPS) is 10.7. The van der Waals surface area contributed by atoms with E-state index in [9.17, 15) is 0 Å². The summed E-state index contributed by atoms with van der Waals surface area (Å²) in [6.07, 6.45) is 6.81. The van der Waals surface area contributed by atoms with Crippen LogP contribution in [-0.4, -0.2) is 19.9 Å². The third kappa shape index (κ3) is 3.56. The lowest BCUT2D eigenvalue weighted by Crippen LogP contribution is -2.05. The van der Waals surface area contributed by atoms with Crippen LogP contribution in [0.2, 0.25) is 5.02 Å². The molecular formula is C19H14ClN5S. The Kier molecular flexibility index (Phi) is 4.86. The van der Waals surface area contributed by atoms with E-state index in [1.807, 2.05) is 41.8 Å². The highest BCUT2D eigenvalue weighted by Crippen LogP contribution is 2.32. The van der Waals surface area contributed by atoms with Crippen molar-refractivity contribution in [2.24, 2.45) is 0 Å². The quantitative estimate of drug-likeness (QED) is 0.532. The fourth-order valence-electron chi connectivity index (χ4n) is 2.51. The molecule has 0 aliphatic heterocycles. The molecule has 7 heteroatoms. The van der Waals surface area contributed by atoms with Crippen molar-refractivity contribution in [2.45, 2.75) is 6.54 Å². The van der Waals surface area contributed by atoms with Crippen LogP contribution in [0.3, 0.4) is 0 Å². The highest BCUT2D eigenvalue weighted by molar-refractivity contribution is 7.13. The van der Waals surface area contributed by atoms with Gasteiger partial charge in [-0.3, -0.25) is 9.97 Å². The molecule has 0 radical (unpaired) electrons. The Bertz CT molecular complexity index is 1010. The van der Waals surface area contributed by atoms with Crippen LogP contribution in [0.25, 0.3) is 21.8 Å². The van der Waals surface area contributed by atoms with E-state index in [1.165, 1.54) is 0 Å². The molecule has 0 aliphatic carbocycles. The fraction of sp³-hybridized carbons (Fsp3) is 0.0526. The lowest BCUT2D eigenvalue weighted by molar-refractivity contribution is 1.06. The topological polar surface area (TPSA) is 63.6 Å². The number of nitrogens with one attached hydrogen (secondary N) is 1. The van der Waals surface area contributed by atoms with Gasteiger partial charge in [-0.05, 0) is 23.1 Å². The Labute approximate surface area is 159 Å². The van der Waals surface area contributed by atoms with Crippen LogP contribution >= 0.6 is 22.9 Å². The maximum Gasteiger partial charge on any atom is 0.223 e. The molecule has 26 heavy (non-hydrogen) atoms. The van der Waals surface area contributed by atoms with Crippen LogP contribution in [0, 0.1) is 0 Å². The number of thiophene rings is 1. The van der Waals surface area contributed by atoms with Gasteiger partial charge in [0.15, 0.2) is 0 Å². The molecule has 0 saturated heterocycles. The zero-order valence-corrected chi connectivity index (χ0v) is 15.2. The first-order valence-corrected chi connectivity index (χ1v) is 9.21. The van der Waals surface area contributed by atoms with Crippen molar-refractivity contribution in [1.82, 2.24) is 19.9 Å². The summed E-state index contributed by atoms with van der Waals surface area (Å²) in [4.78, 5) is 18.7. The lowest BCUT2D eigenvalue weighted by Gasteiger charge is -2.10. The van der Waals surface area contributed by atoms with Gasteiger partial charge in [0.25, 0.3) is 0 Å². The summed E-state index contributed by atoms with van der Waals surface area (Å²) < 4.78 is 0. The van der Waals surface area contributed by atoms with Crippen molar-refractivity contribution >= 4 is 28.9 Å². The van der Waals surface area contributed by atoms with Crippen LogP contribution in [0.5, 0.6) is 0 Å². The minimum absolute atomic E-state index is 0.543. The second kappa shape index (κ2) is 7.59. The van der Waals surface area contributed by atoms with Crippen molar-refractivity contribution in [1.29, 1.82) is 0 Å². The molecule has 0 aliphatic rings. The Morgan fingerprint density at radius 3 is 2.69 bits per heavy atom. The largest absolute Gasteiger partial charge is 0.350 e. The number of nitrogens with zero attached hydrogens (tertiary/aromatic N) is 4. The van der Waals surface area contributed by atoms with Gasteiger partial charge in [0.2, 0.25) is 5.95 Å².